The van der Waals surface area contributed by atoms with Crippen molar-refractivity contribution >= 4 is 5.97 Å². The molecule has 1 N–H and O–H groups in total. The van der Waals surface area contributed by atoms with Gasteiger partial charge in [0.15, 0.2) is 0 Å². The quantitative estimate of drug-likeness (QED) is 0.467. The maximum Gasteiger partial charge on any atom is 0.302 e. The van der Waals surface area contributed by atoms with Gasteiger partial charge in [-0.15, -0.1) is 0 Å². The number of aliphatic hydroxyl groups is 1. The van der Waals surface area contributed by atoms with Crippen LogP contribution in [0.1, 0.15) is 32.6 Å². The third kappa shape index (κ3) is 9.43. The standard InChI is InChI=1S/C8H16O3/c1-8(10)11-7-5-3-2-4-6-9/h9H,2-7H2,1H3. The molecule has 3 heteroatoms. The third-order valence-electron chi connectivity index (χ3n) is 1.36. The van der Waals surface area contributed by atoms with E-state index in [1.165, 1.54) is 6.92 Å². The number of unbranched alkanes of at least 4 members (excludes halogenated alkanes) is 3. The van der Waals surface area contributed by atoms with E-state index < -0.39 is 0 Å². The molecule has 0 amide bonds. The van der Waals surface area contributed by atoms with Crippen molar-refractivity contribution in [1.29, 1.82) is 0 Å². The minimum atomic E-state index is -0.216. The number of esters is 1. The average molecular weight is 160 g/mol. The molecule has 0 rings (SSSR count). The summed E-state index contributed by atoms with van der Waals surface area (Å²) in [6.07, 6.45) is 3.78. The van der Waals surface area contributed by atoms with Gasteiger partial charge in [0.05, 0.1) is 6.61 Å². The Morgan fingerprint density at radius 1 is 1.27 bits per heavy atom. The van der Waals surface area contributed by atoms with E-state index in [0.29, 0.717) is 6.61 Å². The van der Waals surface area contributed by atoms with Gasteiger partial charge in [-0.1, -0.05) is 6.42 Å². The topological polar surface area (TPSA) is 46.5 Å². The Labute approximate surface area is 67.4 Å². The molecule has 0 aliphatic rings. The molecule has 0 fully saturated rings. The molecule has 0 unspecified atom stereocenters. The zero-order valence-corrected chi connectivity index (χ0v) is 7.01. The van der Waals surface area contributed by atoms with Crippen LogP contribution in [0, 0.1) is 0 Å². The normalized spacial score (nSPS) is 9.64. The molecule has 0 heterocycles. The summed E-state index contributed by atoms with van der Waals surface area (Å²) in [6.45, 7) is 2.18. The number of ether oxygens (including phenoxy) is 1. The van der Waals surface area contributed by atoms with Gasteiger partial charge in [-0.2, -0.15) is 0 Å². The fraction of sp³-hybridized carbons (Fsp3) is 0.875. The van der Waals surface area contributed by atoms with Gasteiger partial charge in [0.2, 0.25) is 0 Å². The average Bonchev–Trinajstić information content (AvgIpc) is 1.96. The molecule has 0 aromatic heterocycles. The van der Waals surface area contributed by atoms with Crippen molar-refractivity contribution in [2.24, 2.45) is 0 Å². The van der Waals surface area contributed by atoms with E-state index in [1.54, 1.807) is 0 Å². The molecule has 0 saturated carbocycles. The van der Waals surface area contributed by atoms with E-state index in [1.807, 2.05) is 0 Å². The lowest BCUT2D eigenvalue weighted by Gasteiger charge is -2.00. The molecule has 0 radical (unpaired) electrons. The lowest BCUT2D eigenvalue weighted by molar-refractivity contribution is -0.141. The molecule has 0 saturated heterocycles. The van der Waals surface area contributed by atoms with Crippen LogP contribution in [0.25, 0.3) is 0 Å². The predicted molar refractivity (Wildman–Crippen MR) is 42.2 cm³/mol. The van der Waals surface area contributed by atoms with E-state index in [9.17, 15) is 4.79 Å². The molecular weight excluding hydrogens is 144 g/mol. The summed E-state index contributed by atoms with van der Waals surface area (Å²) in [5.74, 6) is -0.216. The molecule has 0 aliphatic carbocycles. The van der Waals surface area contributed by atoms with E-state index >= 15 is 0 Å². The summed E-state index contributed by atoms with van der Waals surface area (Å²) in [5, 5.41) is 8.43. The molecular formula is C8H16O3. The summed E-state index contributed by atoms with van der Waals surface area (Å²) in [6, 6.07) is 0. The number of hydrogen-bond donors (Lipinski definition) is 1. The van der Waals surface area contributed by atoms with Crippen molar-refractivity contribution in [2.75, 3.05) is 13.2 Å². The van der Waals surface area contributed by atoms with Crippen molar-refractivity contribution in [3.8, 4) is 0 Å². The second-order valence-corrected chi connectivity index (χ2v) is 2.48. The zero-order chi connectivity index (χ0) is 8.53. The van der Waals surface area contributed by atoms with Gasteiger partial charge in [-0.05, 0) is 19.3 Å². The number of rotatable bonds is 6. The Bertz CT molecular complexity index is 102. The van der Waals surface area contributed by atoms with Crippen molar-refractivity contribution < 1.29 is 14.6 Å². The van der Waals surface area contributed by atoms with Crippen molar-refractivity contribution in [2.45, 2.75) is 32.6 Å². The Kier molecular flexibility index (Phi) is 7.15. The third-order valence-corrected chi connectivity index (χ3v) is 1.36. The maximum absolute atomic E-state index is 10.3. The molecule has 11 heavy (non-hydrogen) atoms. The Morgan fingerprint density at radius 3 is 2.45 bits per heavy atom. The van der Waals surface area contributed by atoms with E-state index in [2.05, 4.69) is 0 Å². The second-order valence-electron chi connectivity index (χ2n) is 2.48. The zero-order valence-electron chi connectivity index (χ0n) is 7.01. The van der Waals surface area contributed by atoms with Gasteiger partial charge in [0.25, 0.3) is 0 Å². The summed E-state index contributed by atoms with van der Waals surface area (Å²) in [7, 11) is 0. The molecule has 0 atom stereocenters. The first-order valence-electron chi connectivity index (χ1n) is 4.01. The Morgan fingerprint density at radius 2 is 1.91 bits per heavy atom. The largest absolute Gasteiger partial charge is 0.466 e. The first-order chi connectivity index (χ1) is 5.27. The first-order valence-corrected chi connectivity index (χ1v) is 4.01. The molecule has 66 valence electrons. The van der Waals surface area contributed by atoms with Gasteiger partial charge < -0.3 is 9.84 Å². The van der Waals surface area contributed by atoms with E-state index in [-0.39, 0.29) is 12.6 Å². The van der Waals surface area contributed by atoms with Crippen molar-refractivity contribution in [1.82, 2.24) is 0 Å². The molecule has 0 aliphatic heterocycles. The fourth-order valence-corrected chi connectivity index (χ4v) is 0.783. The van der Waals surface area contributed by atoms with Gasteiger partial charge in [0, 0.05) is 13.5 Å². The number of carbonyl (C=O) groups excluding carboxylic acids is 1. The lowest BCUT2D eigenvalue weighted by atomic mass is 10.2. The highest BCUT2D eigenvalue weighted by atomic mass is 16.5. The van der Waals surface area contributed by atoms with Crippen LogP contribution in [0.5, 0.6) is 0 Å². The minimum absolute atomic E-state index is 0.216. The SMILES string of the molecule is CC(=O)OCCCCCCO. The van der Waals surface area contributed by atoms with Crippen LogP contribution in [0.15, 0.2) is 0 Å². The highest BCUT2D eigenvalue weighted by Crippen LogP contribution is 1.98. The number of carbonyl (C=O) groups is 1. The summed E-state index contributed by atoms with van der Waals surface area (Å²) in [4.78, 5) is 10.3. The molecule has 0 spiro atoms. The smallest absolute Gasteiger partial charge is 0.302 e. The minimum Gasteiger partial charge on any atom is -0.466 e. The molecule has 3 nitrogen and oxygen atoms in total. The van der Waals surface area contributed by atoms with Gasteiger partial charge >= 0.3 is 5.97 Å². The Balaban J connectivity index is 2.85. The van der Waals surface area contributed by atoms with Gasteiger partial charge in [-0.25, -0.2) is 0 Å². The van der Waals surface area contributed by atoms with Crippen LogP contribution in [-0.4, -0.2) is 24.3 Å². The van der Waals surface area contributed by atoms with Crippen molar-refractivity contribution in [3.63, 3.8) is 0 Å². The Hall–Kier alpha value is -0.570. The van der Waals surface area contributed by atoms with Crippen LogP contribution in [-0.2, 0) is 9.53 Å². The van der Waals surface area contributed by atoms with Gasteiger partial charge in [0.1, 0.15) is 0 Å². The first kappa shape index (κ1) is 10.4. The fourth-order valence-electron chi connectivity index (χ4n) is 0.783. The highest BCUT2D eigenvalue weighted by molar-refractivity contribution is 5.65. The summed E-state index contributed by atoms with van der Waals surface area (Å²) < 4.78 is 4.72. The lowest BCUT2D eigenvalue weighted by Crippen LogP contribution is -2.00. The number of aliphatic hydroxyl groups excluding tert-OH is 1. The van der Waals surface area contributed by atoms with Crippen LogP contribution in [0.4, 0.5) is 0 Å². The van der Waals surface area contributed by atoms with Crippen LogP contribution >= 0.6 is 0 Å². The van der Waals surface area contributed by atoms with Crippen LogP contribution in [0.2, 0.25) is 0 Å². The van der Waals surface area contributed by atoms with Crippen molar-refractivity contribution in [3.05, 3.63) is 0 Å². The van der Waals surface area contributed by atoms with Crippen LogP contribution < -0.4 is 0 Å². The molecule has 0 aromatic carbocycles. The highest BCUT2D eigenvalue weighted by Gasteiger charge is 1.92. The second kappa shape index (κ2) is 7.54. The van der Waals surface area contributed by atoms with Crippen LogP contribution in [0.3, 0.4) is 0 Å². The van der Waals surface area contributed by atoms with Gasteiger partial charge in [-0.3, -0.25) is 4.79 Å². The van der Waals surface area contributed by atoms with E-state index in [0.717, 1.165) is 25.7 Å². The maximum atomic E-state index is 10.3. The monoisotopic (exact) mass is 160 g/mol. The summed E-state index contributed by atoms with van der Waals surface area (Å²) >= 11 is 0. The number of hydrogen-bond acceptors (Lipinski definition) is 3. The molecule has 0 aromatic rings. The summed E-state index contributed by atoms with van der Waals surface area (Å²) in [5.41, 5.74) is 0. The predicted octanol–water partition coefficient (Wildman–Crippen LogP) is 1.10. The van der Waals surface area contributed by atoms with E-state index in [4.69, 9.17) is 9.84 Å². The molecule has 0 bridgehead atoms.